The second-order valence-electron chi connectivity index (χ2n) is 13.4. The Bertz CT molecular complexity index is 1860. The molecule has 0 saturated carbocycles. The SMILES string of the molecule is COc1cccc(CN2CCc3ccc(N4CCN(CCCC5(C(=O)NCC(F)(F)F)c6ccccc6Oc6ccccc65)CC4)cc3C2=O)c1. The highest BCUT2D eigenvalue weighted by Gasteiger charge is 2.48. The summed E-state index contributed by atoms with van der Waals surface area (Å²) < 4.78 is 51.4. The minimum absolute atomic E-state index is 0.0315. The number of halogens is 3. The van der Waals surface area contributed by atoms with Crippen molar-refractivity contribution < 1.29 is 32.2 Å². The minimum Gasteiger partial charge on any atom is -0.497 e. The maximum absolute atomic E-state index is 13.9. The molecule has 11 heteroatoms. The average Bonchev–Trinajstić information content (AvgIpc) is 3.14. The fourth-order valence-corrected chi connectivity index (χ4v) is 7.68. The summed E-state index contributed by atoms with van der Waals surface area (Å²) in [4.78, 5) is 34.0. The van der Waals surface area contributed by atoms with Gasteiger partial charge in [0.15, 0.2) is 0 Å². The molecule has 1 saturated heterocycles. The molecule has 0 unspecified atom stereocenters. The van der Waals surface area contributed by atoms with Gasteiger partial charge in [-0.05, 0) is 73.3 Å². The largest absolute Gasteiger partial charge is 0.497 e. The molecule has 0 aliphatic carbocycles. The summed E-state index contributed by atoms with van der Waals surface area (Å²) in [5, 5.41) is 2.20. The summed E-state index contributed by atoms with van der Waals surface area (Å²) in [6.45, 7) is 3.52. The van der Waals surface area contributed by atoms with Crippen LogP contribution >= 0.6 is 0 Å². The summed E-state index contributed by atoms with van der Waals surface area (Å²) in [5.41, 5.74) is 3.64. The van der Waals surface area contributed by atoms with Gasteiger partial charge in [0.25, 0.3) is 5.91 Å². The van der Waals surface area contributed by atoms with Crippen molar-refractivity contribution in [3.8, 4) is 17.2 Å². The summed E-state index contributed by atoms with van der Waals surface area (Å²) >= 11 is 0. The number of carbonyl (C=O) groups excluding carboxylic acids is 2. The maximum atomic E-state index is 13.9. The molecule has 2 amide bonds. The molecule has 1 fully saturated rings. The molecule has 0 aromatic heterocycles. The summed E-state index contributed by atoms with van der Waals surface area (Å²) in [5.74, 6) is 1.06. The zero-order valence-corrected chi connectivity index (χ0v) is 28.5. The highest BCUT2D eigenvalue weighted by molar-refractivity contribution is 5.98. The fourth-order valence-electron chi connectivity index (χ4n) is 7.68. The van der Waals surface area contributed by atoms with Crippen LogP contribution in [0, 0.1) is 0 Å². The number of methoxy groups -OCH3 is 1. The highest BCUT2D eigenvalue weighted by Crippen LogP contribution is 2.50. The lowest BCUT2D eigenvalue weighted by Crippen LogP contribution is -2.50. The van der Waals surface area contributed by atoms with Crippen LogP contribution in [0.5, 0.6) is 17.2 Å². The van der Waals surface area contributed by atoms with Crippen LogP contribution in [0.15, 0.2) is 91.0 Å². The first-order valence-corrected chi connectivity index (χ1v) is 17.4. The van der Waals surface area contributed by atoms with Crippen LogP contribution in [0.1, 0.15) is 45.5 Å². The Hall–Kier alpha value is -5.03. The van der Waals surface area contributed by atoms with Gasteiger partial charge in [-0.2, -0.15) is 13.2 Å². The van der Waals surface area contributed by atoms with Crippen LogP contribution in [0.3, 0.4) is 0 Å². The van der Waals surface area contributed by atoms with Crippen molar-refractivity contribution in [1.29, 1.82) is 0 Å². The number of piperazine rings is 1. The van der Waals surface area contributed by atoms with Crippen LogP contribution < -0.4 is 19.7 Å². The number of anilines is 1. The number of para-hydroxylation sites is 2. The van der Waals surface area contributed by atoms with Crippen molar-refractivity contribution in [1.82, 2.24) is 15.1 Å². The molecule has 7 rings (SSSR count). The zero-order valence-electron chi connectivity index (χ0n) is 28.5. The van der Waals surface area contributed by atoms with Gasteiger partial charge in [-0.1, -0.05) is 54.6 Å². The normalized spacial score (nSPS) is 16.8. The minimum atomic E-state index is -4.54. The first-order valence-electron chi connectivity index (χ1n) is 17.4. The number of nitrogens with zero attached hydrogens (tertiary/aromatic N) is 3. The Morgan fingerprint density at radius 2 is 1.59 bits per heavy atom. The predicted molar refractivity (Wildman–Crippen MR) is 189 cm³/mol. The Balaban J connectivity index is 1.01. The molecule has 0 spiro atoms. The van der Waals surface area contributed by atoms with Crippen molar-refractivity contribution in [2.75, 3.05) is 57.8 Å². The van der Waals surface area contributed by atoms with Crippen LogP contribution in [0.4, 0.5) is 18.9 Å². The number of amides is 2. The smallest absolute Gasteiger partial charge is 0.405 e. The number of hydrogen-bond acceptors (Lipinski definition) is 6. The number of fused-ring (bicyclic) bond motifs is 3. The molecule has 3 aliphatic rings. The highest BCUT2D eigenvalue weighted by atomic mass is 19.4. The quantitative estimate of drug-likeness (QED) is 0.202. The van der Waals surface area contributed by atoms with Crippen LogP contribution in [0.2, 0.25) is 0 Å². The molecule has 1 N–H and O–H groups in total. The molecular formula is C40H41F3N4O4. The third-order valence-corrected chi connectivity index (χ3v) is 10.3. The topological polar surface area (TPSA) is 74.3 Å². The van der Waals surface area contributed by atoms with Gasteiger partial charge in [0.2, 0.25) is 5.91 Å². The van der Waals surface area contributed by atoms with E-state index < -0.39 is 24.0 Å². The molecule has 8 nitrogen and oxygen atoms in total. The number of nitrogens with one attached hydrogen (secondary N) is 1. The van der Waals surface area contributed by atoms with E-state index in [9.17, 15) is 22.8 Å². The van der Waals surface area contributed by atoms with Gasteiger partial charge in [-0.3, -0.25) is 14.5 Å². The van der Waals surface area contributed by atoms with E-state index in [0.717, 1.165) is 60.7 Å². The van der Waals surface area contributed by atoms with Gasteiger partial charge in [0.1, 0.15) is 29.2 Å². The number of ether oxygens (including phenoxy) is 2. The van der Waals surface area contributed by atoms with Crippen molar-refractivity contribution in [3.05, 3.63) is 119 Å². The number of hydrogen-bond donors (Lipinski definition) is 1. The van der Waals surface area contributed by atoms with Crippen molar-refractivity contribution in [2.24, 2.45) is 0 Å². The number of rotatable bonds is 10. The monoisotopic (exact) mass is 698 g/mol. The van der Waals surface area contributed by atoms with Crippen molar-refractivity contribution in [3.63, 3.8) is 0 Å². The second kappa shape index (κ2) is 14.3. The molecule has 266 valence electrons. The predicted octanol–water partition coefficient (Wildman–Crippen LogP) is 6.57. The second-order valence-corrected chi connectivity index (χ2v) is 13.4. The van der Waals surface area contributed by atoms with Gasteiger partial charge < -0.3 is 24.6 Å². The van der Waals surface area contributed by atoms with E-state index in [4.69, 9.17) is 9.47 Å². The zero-order chi connectivity index (χ0) is 35.6. The van der Waals surface area contributed by atoms with Gasteiger partial charge in [-0.25, -0.2) is 0 Å². The molecule has 4 aromatic rings. The van der Waals surface area contributed by atoms with Crippen molar-refractivity contribution >= 4 is 17.5 Å². The third-order valence-electron chi connectivity index (χ3n) is 10.3. The summed E-state index contributed by atoms with van der Waals surface area (Å²) in [6.07, 6.45) is -2.84. The van der Waals surface area contributed by atoms with Crippen LogP contribution in [0.25, 0.3) is 0 Å². The lowest BCUT2D eigenvalue weighted by atomic mass is 9.68. The maximum Gasteiger partial charge on any atom is 0.405 e. The van der Waals surface area contributed by atoms with Gasteiger partial charge in [0, 0.05) is 61.6 Å². The number of alkyl halides is 3. The molecule has 0 radical (unpaired) electrons. The fraction of sp³-hybridized carbons (Fsp3) is 0.350. The van der Waals surface area contributed by atoms with Crippen LogP contribution in [-0.4, -0.2) is 80.7 Å². The lowest BCUT2D eigenvalue weighted by molar-refractivity contribution is -0.141. The molecule has 3 aliphatic heterocycles. The van der Waals surface area contributed by atoms with Gasteiger partial charge in [0.05, 0.1) is 7.11 Å². The molecule has 0 atom stereocenters. The molecule has 3 heterocycles. The lowest BCUT2D eigenvalue weighted by Gasteiger charge is -2.40. The van der Waals surface area contributed by atoms with E-state index in [2.05, 4.69) is 27.2 Å². The third kappa shape index (κ3) is 7.12. The van der Waals surface area contributed by atoms with Gasteiger partial charge in [-0.15, -0.1) is 0 Å². The molecule has 4 aromatic carbocycles. The van der Waals surface area contributed by atoms with Crippen molar-refractivity contribution in [2.45, 2.75) is 37.4 Å². The number of benzene rings is 4. The number of carbonyl (C=O) groups is 2. The van der Waals surface area contributed by atoms with Crippen LogP contribution in [-0.2, 0) is 23.2 Å². The van der Waals surface area contributed by atoms with Gasteiger partial charge >= 0.3 is 6.18 Å². The van der Waals surface area contributed by atoms with E-state index in [1.165, 1.54) is 0 Å². The molecule has 0 bridgehead atoms. The van der Waals surface area contributed by atoms with E-state index in [-0.39, 0.29) is 5.91 Å². The molecule has 51 heavy (non-hydrogen) atoms. The Morgan fingerprint density at radius 3 is 2.27 bits per heavy atom. The summed E-state index contributed by atoms with van der Waals surface area (Å²) in [7, 11) is 1.63. The standard InChI is InChI=1S/C40H41F3N4O4/c1-50-31-9-6-8-28(24-31)26-47-19-16-29-14-15-30(25-32(29)37(47)48)46-22-20-45(21-23-46)18-7-17-39(38(49)44-27-40(41,42)43)33-10-2-4-12-35(33)51-36-13-5-3-11-34(36)39/h2-6,8-15,24-25H,7,16-23,26-27H2,1H3,(H,44,49). The Kier molecular flexibility index (Phi) is 9.65. The van der Waals surface area contributed by atoms with E-state index in [0.29, 0.717) is 55.1 Å². The Labute approximate surface area is 295 Å². The molecular weight excluding hydrogens is 657 g/mol. The van der Waals surface area contributed by atoms with E-state index in [1.54, 1.807) is 55.6 Å². The first-order chi connectivity index (χ1) is 24.6. The Morgan fingerprint density at radius 1 is 0.882 bits per heavy atom. The van der Waals surface area contributed by atoms with E-state index in [1.807, 2.05) is 35.2 Å². The summed E-state index contributed by atoms with van der Waals surface area (Å²) in [6, 6.07) is 28.2. The first kappa shape index (κ1) is 34.4. The van der Waals surface area contributed by atoms with E-state index >= 15 is 0 Å². The average molecular weight is 699 g/mol.